The predicted molar refractivity (Wildman–Crippen MR) is 81.9 cm³/mol. The molecule has 0 aliphatic rings. The number of rotatable bonds is 10. The number of benzene rings is 1. The Hall–Kier alpha value is -1.22. The summed E-state index contributed by atoms with van der Waals surface area (Å²) in [6.45, 7) is 2.74. The number of halogens is 1. The van der Waals surface area contributed by atoms with E-state index in [9.17, 15) is 4.79 Å². The molecule has 0 atom stereocenters. The van der Waals surface area contributed by atoms with Gasteiger partial charge in [-0.15, -0.1) is 0 Å². The maximum absolute atomic E-state index is 11.1. The molecule has 0 saturated carbocycles. The van der Waals surface area contributed by atoms with E-state index >= 15 is 0 Å². The summed E-state index contributed by atoms with van der Waals surface area (Å²) in [5.74, 6) is -0.693. The molecule has 0 amide bonds. The number of carboxylic acids is 1. The van der Waals surface area contributed by atoms with E-state index in [2.05, 4.69) is 6.92 Å². The topological polar surface area (TPSA) is 46.5 Å². The molecule has 1 aromatic rings. The van der Waals surface area contributed by atoms with Crippen LogP contribution in [0.1, 0.15) is 62.2 Å². The summed E-state index contributed by atoms with van der Waals surface area (Å²) in [5, 5.41) is 9.32. The van der Waals surface area contributed by atoms with E-state index in [-0.39, 0.29) is 10.6 Å². The second-order valence-corrected chi connectivity index (χ2v) is 5.30. The van der Waals surface area contributed by atoms with Gasteiger partial charge in [-0.3, -0.25) is 0 Å². The van der Waals surface area contributed by atoms with Crippen LogP contribution in [0.5, 0.6) is 5.75 Å². The second-order valence-electron chi connectivity index (χ2n) is 4.89. The molecule has 0 heterocycles. The highest BCUT2D eigenvalue weighted by Crippen LogP contribution is 2.26. The molecule has 4 heteroatoms. The van der Waals surface area contributed by atoms with Crippen LogP contribution in [0.25, 0.3) is 0 Å². The van der Waals surface area contributed by atoms with Crippen LogP contribution in [0.15, 0.2) is 18.2 Å². The number of ether oxygens (including phenoxy) is 1. The van der Waals surface area contributed by atoms with Crippen molar-refractivity contribution >= 4 is 17.6 Å². The van der Waals surface area contributed by atoms with Crippen molar-refractivity contribution in [1.29, 1.82) is 0 Å². The lowest BCUT2D eigenvalue weighted by atomic mass is 10.1. The van der Waals surface area contributed by atoms with Crippen molar-refractivity contribution in [3.63, 3.8) is 0 Å². The molecule has 0 radical (unpaired) electrons. The molecule has 0 unspecified atom stereocenters. The van der Waals surface area contributed by atoms with Crippen LogP contribution in [0.4, 0.5) is 0 Å². The van der Waals surface area contributed by atoms with E-state index in [0.29, 0.717) is 12.4 Å². The van der Waals surface area contributed by atoms with Gasteiger partial charge in [0.1, 0.15) is 11.3 Å². The van der Waals surface area contributed by atoms with Crippen LogP contribution in [0.3, 0.4) is 0 Å². The lowest BCUT2D eigenvalue weighted by Gasteiger charge is -2.10. The molecule has 20 heavy (non-hydrogen) atoms. The summed E-state index contributed by atoms with van der Waals surface area (Å²) < 4.78 is 5.54. The molecular weight excluding hydrogens is 276 g/mol. The van der Waals surface area contributed by atoms with Gasteiger partial charge in [-0.25, -0.2) is 4.79 Å². The molecule has 0 aliphatic heterocycles. The van der Waals surface area contributed by atoms with Gasteiger partial charge in [-0.2, -0.15) is 0 Å². The first-order valence-corrected chi connectivity index (χ1v) is 7.69. The molecule has 0 aliphatic carbocycles. The van der Waals surface area contributed by atoms with E-state index in [1.54, 1.807) is 18.2 Å². The van der Waals surface area contributed by atoms with Crippen molar-refractivity contribution in [3.8, 4) is 5.75 Å². The zero-order valence-electron chi connectivity index (χ0n) is 12.0. The number of unbranched alkanes of at least 4 members (excludes halogenated alkanes) is 6. The van der Waals surface area contributed by atoms with Gasteiger partial charge in [0.2, 0.25) is 0 Å². The molecule has 3 nitrogen and oxygen atoms in total. The van der Waals surface area contributed by atoms with E-state index in [4.69, 9.17) is 21.4 Å². The summed E-state index contributed by atoms with van der Waals surface area (Å²) in [6.07, 6.45) is 8.41. The first-order chi connectivity index (χ1) is 9.66. The van der Waals surface area contributed by atoms with E-state index in [0.717, 1.165) is 12.8 Å². The summed E-state index contributed by atoms with van der Waals surface area (Å²) in [7, 11) is 0. The van der Waals surface area contributed by atoms with Crippen LogP contribution in [0.2, 0.25) is 5.02 Å². The third-order valence-electron chi connectivity index (χ3n) is 3.19. The van der Waals surface area contributed by atoms with Crippen LogP contribution >= 0.6 is 11.6 Å². The maximum atomic E-state index is 11.1. The van der Waals surface area contributed by atoms with Gasteiger partial charge in [0, 0.05) is 0 Å². The molecular formula is C16H23ClO3. The van der Waals surface area contributed by atoms with Gasteiger partial charge in [0.05, 0.1) is 11.6 Å². The Bertz CT molecular complexity index is 418. The molecule has 112 valence electrons. The zero-order chi connectivity index (χ0) is 14.8. The number of carbonyl (C=O) groups is 1. The quantitative estimate of drug-likeness (QED) is 0.606. The zero-order valence-corrected chi connectivity index (χ0v) is 12.8. The number of hydrogen-bond acceptors (Lipinski definition) is 2. The average molecular weight is 299 g/mol. The Kier molecular flexibility index (Phi) is 8.12. The van der Waals surface area contributed by atoms with Crippen LogP contribution < -0.4 is 4.74 Å². The minimum atomic E-state index is -1.05. The standard InChI is InChI=1S/C16H23ClO3/c1-2-3-4-5-6-7-8-12-20-14-11-9-10-13(17)15(14)16(18)19/h9-11H,2-8,12H2,1H3,(H,18,19). The van der Waals surface area contributed by atoms with E-state index < -0.39 is 5.97 Å². The fourth-order valence-corrected chi connectivity index (χ4v) is 2.32. The van der Waals surface area contributed by atoms with Crippen molar-refractivity contribution in [2.24, 2.45) is 0 Å². The molecule has 0 aromatic heterocycles. The van der Waals surface area contributed by atoms with Crippen LogP contribution in [0, 0.1) is 0 Å². The Morgan fingerprint density at radius 1 is 1.15 bits per heavy atom. The van der Waals surface area contributed by atoms with Crippen molar-refractivity contribution < 1.29 is 14.6 Å². The van der Waals surface area contributed by atoms with Crippen molar-refractivity contribution in [2.45, 2.75) is 51.9 Å². The molecule has 1 rings (SSSR count). The summed E-state index contributed by atoms with van der Waals surface area (Å²) in [4.78, 5) is 11.1. The highest BCUT2D eigenvalue weighted by atomic mass is 35.5. The fraction of sp³-hybridized carbons (Fsp3) is 0.562. The monoisotopic (exact) mass is 298 g/mol. The van der Waals surface area contributed by atoms with Crippen LogP contribution in [-0.4, -0.2) is 17.7 Å². The highest BCUT2D eigenvalue weighted by Gasteiger charge is 2.15. The van der Waals surface area contributed by atoms with Gasteiger partial charge >= 0.3 is 5.97 Å². The number of hydrogen-bond donors (Lipinski definition) is 1. The Balaban J connectivity index is 2.29. The second kappa shape index (κ2) is 9.65. The molecule has 1 N–H and O–H groups in total. The van der Waals surface area contributed by atoms with Gasteiger partial charge in [-0.1, -0.05) is 63.1 Å². The minimum absolute atomic E-state index is 0.0529. The maximum Gasteiger partial charge on any atom is 0.341 e. The van der Waals surface area contributed by atoms with Gasteiger partial charge in [0.15, 0.2) is 0 Å². The average Bonchev–Trinajstić information content (AvgIpc) is 2.41. The predicted octanol–water partition coefficient (Wildman–Crippen LogP) is 5.17. The lowest BCUT2D eigenvalue weighted by molar-refractivity contribution is 0.0692. The van der Waals surface area contributed by atoms with Crippen molar-refractivity contribution in [1.82, 2.24) is 0 Å². The third kappa shape index (κ3) is 5.83. The van der Waals surface area contributed by atoms with Gasteiger partial charge < -0.3 is 9.84 Å². The Morgan fingerprint density at radius 2 is 1.80 bits per heavy atom. The highest BCUT2D eigenvalue weighted by molar-refractivity contribution is 6.33. The minimum Gasteiger partial charge on any atom is -0.493 e. The lowest BCUT2D eigenvalue weighted by Crippen LogP contribution is -2.05. The van der Waals surface area contributed by atoms with E-state index in [1.807, 2.05) is 0 Å². The van der Waals surface area contributed by atoms with Gasteiger partial charge in [0.25, 0.3) is 0 Å². The molecule has 0 spiro atoms. The molecule has 0 saturated heterocycles. The molecule has 0 bridgehead atoms. The van der Waals surface area contributed by atoms with Crippen molar-refractivity contribution in [3.05, 3.63) is 28.8 Å². The third-order valence-corrected chi connectivity index (χ3v) is 3.51. The number of carboxylic acid groups (broad SMARTS) is 1. The van der Waals surface area contributed by atoms with Gasteiger partial charge in [-0.05, 0) is 18.6 Å². The summed E-state index contributed by atoms with van der Waals surface area (Å²) >= 11 is 5.87. The molecule has 0 fully saturated rings. The summed E-state index contributed by atoms with van der Waals surface area (Å²) in [6, 6.07) is 4.91. The first kappa shape index (κ1) is 16.8. The summed E-state index contributed by atoms with van der Waals surface area (Å²) in [5.41, 5.74) is 0.0529. The number of aromatic carboxylic acids is 1. The Labute approximate surface area is 125 Å². The van der Waals surface area contributed by atoms with Crippen LogP contribution in [-0.2, 0) is 0 Å². The van der Waals surface area contributed by atoms with E-state index in [1.165, 1.54) is 32.1 Å². The SMILES string of the molecule is CCCCCCCCCOc1cccc(Cl)c1C(=O)O. The molecule has 1 aromatic carbocycles. The smallest absolute Gasteiger partial charge is 0.341 e. The fourth-order valence-electron chi connectivity index (χ4n) is 2.07. The first-order valence-electron chi connectivity index (χ1n) is 7.31. The van der Waals surface area contributed by atoms with Crippen molar-refractivity contribution in [2.75, 3.05) is 6.61 Å². The largest absolute Gasteiger partial charge is 0.493 e. The Morgan fingerprint density at radius 3 is 2.45 bits per heavy atom. The normalized spacial score (nSPS) is 10.5.